The van der Waals surface area contributed by atoms with Crippen molar-refractivity contribution in [3.63, 3.8) is 0 Å². The number of nitrogens with zero attached hydrogens (tertiary/aromatic N) is 2. The number of nitrogens with one attached hydrogen (secondary N) is 2. The zero-order chi connectivity index (χ0) is 23.2. The number of benzene rings is 2. The molecule has 6 nitrogen and oxygen atoms in total. The Balaban J connectivity index is 0.00000126. The van der Waals surface area contributed by atoms with Crippen LogP contribution in [0.4, 0.5) is 17.2 Å². The number of hydrogen-bond donors (Lipinski definition) is 3. The lowest BCUT2D eigenvalue weighted by molar-refractivity contribution is 0.102. The molecule has 1 aliphatic rings. The van der Waals surface area contributed by atoms with E-state index in [0.29, 0.717) is 16.9 Å². The summed E-state index contributed by atoms with van der Waals surface area (Å²) in [5.41, 5.74) is 9.76. The summed E-state index contributed by atoms with van der Waals surface area (Å²) in [6.45, 7) is 7.83. The molecule has 5 rings (SSSR count). The molecule has 0 unspecified atom stereocenters. The van der Waals surface area contributed by atoms with Gasteiger partial charge in [0.25, 0.3) is 5.91 Å². The van der Waals surface area contributed by atoms with Crippen LogP contribution in [-0.4, -0.2) is 37.1 Å². The molecule has 7 heteroatoms. The Morgan fingerprint density at radius 3 is 2.64 bits per heavy atom. The van der Waals surface area contributed by atoms with Gasteiger partial charge in [-0.1, -0.05) is 26.0 Å². The maximum Gasteiger partial charge on any atom is 0.255 e. The summed E-state index contributed by atoms with van der Waals surface area (Å²) in [6.07, 6.45) is 0. The number of thiophene rings is 1. The second-order valence-corrected chi connectivity index (χ2v) is 8.50. The number of aromatic nitrogens is 1. The lowest BCUT2D eigenvalue weighted by Gasteiger charge is -2.28. The standard InChI is InChI=1S/C24H23N5OS.C2H6/c25-19-6-3-17(22-2-1-13-31-22)15-21(19)28-24(30)18-4-7-20-16(14-18)5-8-23(27-20)29-11-9-26-10-12-29;1-2/h1-8,13-15,26H,9-12,25H2,(H,28,30);1-2H3. The summed E-state index contributed by atoms with van der Waals surface area (Å²) < 4.78 is 0. The molecular weight excluding hydrogens is 430 g/mol. The van der Waals surface area contributed by atoms with Crippen LogP contribution in [0.25, 0.3) is 21.3 Å². The summed E-state index contributed by atoms with van der Waals surface area (Å²) in [6, 6.07) is 19.4. The number of fused-ring (bicyclic) bond motifs is 1. The van der Waals surface area contributed by atoms with Crippen LogP contribution in [0.15, 0.2) is 66.0 Å². The molecule has 0 saturated carbocycles. The maximum atomic E-state index is 12.9. The highest BCUT2D eigenvalue weighted by atomic mass is 32.1. The molecule has 1 amide bonds. The monoisotopic (exact) mass is 459 g/mol. The van der Waals surface area contributed by atoms with Crippen molar-refractivity contribution in [2.45, 2.75) is 13.8 Å². The predicted octanol–water partition coefficient (Wildman–Crippen LogP) is 5.23. The van der Waals surface area contributed by atoms with E-state index in [0.717, 1.165) is 53.3 Å². The Bertz CT molecular complexity index is 1230. The Morgan fingerprint density at radius 1 is 1.06 bits per heavy atom. The molecular formula is C26H29N5OS. The fourth-order valence-electron chi connectivity index (χ4n) is 3.78. The van der Waals surface area contributed by atoms with E-state index in [1.807, 2.05) is 79.9 Å². The highest BCUT2D eigenvalue weighted by molar-refractivity contribution is 7.13. The molecule has 2 aromatic carbocycles. The lowest BCUT2D eigenvalue weighted by Crippen LogP contribution is -2.43. The second kappa shape index (κ2) is 10.5. The first-order valence-corrected chi connectivity index (χ1v) is 12.2. The van der Waals surface area contributed by atoms with Gasteiger partial charge in [0.1, 0.15) is 5.82 Å². The Labute approximate surface area is 198 Å². The fraction of sp³-hybridized carbons (Fsp3) is 0.231. The topological polar surface area (TPSA) is 83.3 Å². The van der Waals surface area contributed by atoms with Gasteiger partial charge in [0.15, 0.2) is 0 Å². The van der Waals surface area contributed by atoms with Gasteiger partial charge in [0.05, 0.1) is 16.9 Å². The van der Waals surface area contributed by atoms with Crippen LogP contribution in [0.1, 0.15) is 24.2 Å². The first-order chi connectivity index (χ1) is 16.2. The van der Waals surface area contributed by atoms with E-state index >= 15 is 0 Å². The molecule has 0 bridgehead atoms. The third-order valence-electron chi connectivity index (χ3n) is 5.48. The van der Waals surface area contributed by atoms with Gasteiger partial charge in [-0.25, -0.2) is 4.98 Å². The van der Waals surface area contributed by atoms with Crippen molar-refractivity contribution in [3.05, 3.63) is 71.6 Å². The van der Waals surface area contributed by atoms with Crippen LogP contribution in [0.2, 0.25) is 0 Å². The van der Waals surface area contributed by atoms with E-state index in [4.69, 9.17) is 10.7 Å². The van der Waals surface area contributed by atoms with Crippen LogP contribution >= 0.6 is 11.3 Å². The SMILES string of the molecule is CC.Nc1ccc(-c2cccs2)cc1NC(=O)c1ccc2nc(N3CCNCC3)ccc2c1. The first kappa shape index (κ1) is 22.8. The van der Waals surface area contributed by atoms with Crippen molar-refractivity contribution in [1.29, 1.82) is 0 Å². The Hall–Kier alpha value is -3.42. The molecule has 2 aromatic heterocycles. The minimum Gasteiger partial charge on any atom is -0.397 e. The highest BCUT2D eigenvalue weighted by Gasteiger charge is 2.14. The van der Waals surface area contributed by atoms with Crippen molar-refractivity contribution in [2.24, 2.45) is 0 Å². The predicted molar refractivity (Wildman–Crippen MR) is 140 cm³/mol. The second-order valence-electron chi connectivity index (χ2n) is 7.55. The van der Waals surface area contributed by atoms with Gasteiger partial charge in [-0.05, 0) is 59.5 Å². The summed E-state index contributed by atoms with van der Waals surface area (Å²) in [7, 11) is 0. The normalized spacial score (nSPS) is 13.3. The van der Waals surface area contributed by atoms with Gasteiger partial charge >= 0.3 is 0 Å². The van der Waals surface area contributed by atoms with Gasteiger partial charge in [-0.15, -0.1) is 11.3 Å². The van der Waals surface area contributed by atoms with Crippen molar-refractivity contribution < 1.29 is 4.79 Å². The summed E-state index contributed by atoms with van der Waals surface area (Å²) in [5, 5.41) is 9.28. The average Bonchev–Trinajstić information content (AvgIpc) is 3.41. The maximum absolute atomic E-state index is 12.9. The van der Waals surface area contributed by atoms with E-state index < -0.39 is 0 Å². The van der Waals surface area contributed by atoms with E-state index in [1.165, 1.54) is 0 Å². The quantitative estimate of drug-likeness (QED) is 0.364. The zero-order valence-corrected chi connectivity index (χ0v) is 19.8. The summed E-state index contributed by atoms with van der Waals surface area (Å²) in [4.78, 5) is 21.1. The summed E-state index contributed by atoms with van der Waals surface area (Å²) in [5.74, 6) is 0.785. The average molecular weight is 460 g/mol. The van der Waals surface area contributed by atoms with Crippen molar-refractivity contribution in [2.75, 3.05) is 42.1 Å². The number of hydrogen-bond acceptors (Lipinski definition) is 6. The number of nitrogens with two attached hydrogens (primary N) is 1. The van der Waals surface area contributed by atoms with Crippen LogP contribution in [0, 0.1) is 0 Å². The fourth-order valence-corrected chi connectivity index (χ4v) is 4.51. The molecule has 0 spiro atoms. The van der Waals surface area contributed by atoms with Crippen molar-refractivity contribution >= 4 is 45.3 Å². The third-order valence-corrected chi connectivity index (χ3v) is 6.40. The number of rotatable bonds is 4. The van der Waals surface area contributed by atoms with Crippen molar-refractivity contribution in [3.8, 4) is 10.4 Å². The highest BCUT2D eigenvalue weighted by Crippen LogP contribution is 2.30. The van der Waals surface area contributed by atoms with Crippen LogP contribution < -0.4 is 21.3 Å². The molecule has 4 aromatic rings. The van der Waals surface area contributed by atoms with Gasteiger partial charge in [-0.3, -0.25) is 4.79 Å². The van der Waals surface area contributed by atoms with Crippen LogP contribution in [0.3, 0.4) is 0 Å². The van der Waals surface area contributed by atoms with Crippen LogP contribution in [0.5, 0.6) is 0 Å². The molecule has 0 atom stereocenters. The van der Waals surface area contributed by atoms with E-state index in [1.54, 1.807) is 11.3 Å². The van der Waals surface area contributed by atoms with Crippen molar-refractivity contribution in [1.82, 2.24) is 10.3 Å². The van der Waals surface area contributed by atoms with Gasteiger partial charge in [0.2, 0.25) is 0 Å². The molecule has 33 heavy (non-hydrogen) atoms. The van der Waals surface area contributed by atoms with E-state index in [9.17, 15) is 4.79 Å². The minimum absolute atomic E-state index is 0.192. The van der Waals surface area contributed by atoms with Gasteiger partial charge < -0.3 is 21.3 Å². The first-order valence-electron chi connectivity index (χ1n) is 11.3. The molecule has 1 aliphatic heterocycles. The molecule has 1 fully saturated rings. The third kappa shape index (κ3) is 5.16. The largest absolute Gasteiger partial charge is 0.397 e. The zero-order valence-electron chi connectivity index (χ0n) is 19.0. The van der Waals surface area contributed by atoms with Gasteiger partial charge in [-0.2, -0.15) is 0 Å². The number of pyridine rings is 1. The van der Waals surface area contributed by atoms with Gasteiger partial charge in [0, 0.05) is 42.0 Å². The number of carbonyl (C=O) groups excluding carboxylic acids is 1. The molecule has 0 radical (unpaired) electrons. The summed E-state index contributed by atoms with van der Waals surface area (Å²) >= 11 is 1.65. The molecule has 0 aliphatic carbocycles. The smallest absolute Gasteiger partial charge is 0.255 e. The molecule has 1 saturated heterocycles. The number of piperazine rings is 1. The minimum atomic E-state index is -0.192. The number of anilines is 3. The molecule has 170 valence electrons. The Kier molecular flexibility index (Phi) is 7.22. The number of carbonyl (C=O) groups is 1. The van der Waals surface area contributed by atoms with E-state index in [2.05, 4.69) is 15.5 Å². The number of amides is 1. The lowest BCUT2D eigenvalue weighted by atomic mass is 10.1. The number of nitrogen functional groups attached to an aromatic ring is 1. The molecule has 3 heterocycles. The van der Waals surface area contributed by atoms with Crippen LogP contribution in [-0.2, 0) is 0 Å². The Morgan fingerprint density at radius 2 is 1.88 bits per heavy atom. The molecule has 4 N–H and O–H groups in total. The van der Waals surface area contributed by atoms with E-state index in [-0.39, 0.29) is 5.91 Å².